The summed E-state index contributed by atoms with van der Waals surface area (Å²) in [6.07, 6.45) is 0. The van der Waals surface area contributed by atoms with Crippen molar-refractivity contribution >= 4 is 71.6 Å². The van der Waals surface area contributed by atoms with Gasteiger partial charge >= 0.3 is 0 Å². The van der Waals surface area contributed by atoms with E-state index in [1.54, 1.807) is 0 Å². The van der Waals surface area contributed by atoms with Gasteiger partial charge in [0.05, 0.1) is 27.5 Å². The van der Waals surface area contributed by atoms with Crippen molar-refractivity contribution < 1.29 is 4.42 Å². The van der Waals surface area contributed by atoms with Gasteiger partial charge in [0.15, 0.2) is 0 Å². The Morgan fingerprint density at radius 1 is 0.368 bits per heavy atom. The molecule has 3 heteroatoms. The molecule has 0 amide bonds. The molecule has 3 nitrogen and oxygen atoms in total. The van der Waals surface area contributed by atoms with Crippen molar-refractivity contribution in [3.63, 3.8) is 0 Å². The highest BCUT2D eigenvalue weighted by Crippen LogP contribution is 2.56. The zero-order valence-corrected chi connectivity index (χ0v) is 37.1. The number of anilines is 3. The van der Waals surface area contributed by atoms with Gasteiger partial charge in [-0.3, -0.25) is 0 Å². The Morgan fingerprint density at radius 3 is 1.69 bits per heavy atom. The van der Waals surface area contributed by atoms with Gasteiger partial charge in [-0.15, -0.1) is 0 Å². The summed E-state index contributed by atoms with van der Waals surface area (Å²) in [7, 11) is 0. The molecule has 0 saturated carbocycles. The number of benzene rings is 11. The molecular weight excluding hydrogens is 825 g/mol. The van der Waals surface area contributed by atoms with Crippen LogP contribution >= 0.6 is 0 Å². The number of furan rings is 1. The van der Waals surface area contributed by atoms with Crippen molar-refractivity contribution in [2.45, 2.75) is 5.41 Å². The zero-order chi connectivity index (χ0) is 44.8. The molecule has 1 aliphatic rings. The van der Waals surface area contributed by atoms with Crippen LogP contribution in [0.4, 0.5) is 17.1 Å². The van der Waals surface area contributed by atoms with E-state index < -0.39 is 5.41 Å². The molecule has 11 aromatic carbocycles. The Hall–Kier alpha value is -8.92. The fourth-order valence-electron chi connectivity index (χ4n) is 11.6. The Balaban J connectivity index is 1.03. The topological polar surface area (TPSA) is 21.3 Å². The van der Waals surface area contributed by atoms with E-state index in [4.69, 9.17) is 4.42 Å². The van der Waals surface area contributed by atoms with E-state index in [2.05, 4.69) is 258 Å². The maximum atomic E-state index is 6.53. The molecule has 0 fully saturated rings. The van der Waals surface area contributed by atoms with E-state index in [1.165, 1.54) is 71.6 Å². The number of rotatable bonds is 7. The summed E-state index contributed by atoms with van der Waals surface area (Å²) in [4.78, 5) is 2.41. The lowest BCUT2D eigenvalue weighted by Gasteiger charge is -2.34. The molecule has 1 aliphatic carbocycles. The molecule has 0 unspecified atom stereocenters. The maximum absolute atomic E-state index is 6.53. The Morgan fingerprint density at radius 2 is 0.941 bits per heavy atom. The summed E-state index contributed by atoms with van der Waals surface area (Å²) in [5.41, 5.74) is 18.0. The predicted octanol–water partition coefficient (Wildman–Crippen LogP) is 17.3. The highest BCUT2D eigenvalue weighted by atomic mass is 16.3. The molecule has 2 heterocycles. The number of para-hydroxylation sites is 2. The predicted molar refractivity (Wildman–Crippen MR) is 283 cm³/mol. The minimum absolute atomic E-state index is 0.481. The molecule has 0 radical (unpaired) electrons. The zero-order valence-electron chi connectivity index (χ0n) is 37.1. The minimum atomic E-state index is -0.481. The number of fused-ring (bicyclic) bond motifs is 11. The highest BCUT2D eigenvalue weighted by molar-refractivity contribution is 6.25. The SMILES string of the molecule is c1ccc(-c2cc3ccccc3c3c2c2cc(N(c4ccccc4)c4ccc(C5(c6ccccc6)c6ccccc6-c6ccccc65)cc4)ccc2n3-c2cccc3oc4ccccc4c23)cc1. The van der Waals surface area contributed by atoms with Gasteiger partial charge in [0.1, 0.15) is 11.2 Å². The minimum Gasteiger partial charge on any atom is -0.456 e. The summed E-state index contributed by atoms with van der Waals surface area (Å²) >= 11 is 0. The van der Waals surface area contributed by atoms with Crippen molar-refractivity contribution in [1.82, 2.24) is 4.57 Å². The van der Waals surface area contributed by atoms with Crippen molar-refractivity contribution in [2.24, 2.45) is 0 Å². The normalized spacial score (nSPS) is 12.8. The average Bonchev–Trinajstić information content (AvgIpc) is 4.07. The summed E-state index contributed by atoms with van der Waals surface area (Å²) < 4.78 is 9.03. The summed E-state index contributed by atoms with van der Waals surface area (Å²) in [5, 5.41) is 6.98. The second-order valence-electron chi connectivity index (χ2n) is 17.9. The first-order chi connectivity index (χ1) is 33.8. The van der Waals surface area contributed by atoms with Crippen LogP contribution < -0.4 is 4.90 Å². The molecule has 318 valence electrons. The van der Waals surface area contributed by atoms with Gasteiger partial charge in [-0.25, -0.2) is 0 Å². The largest absolute Gasteiger partial charge is 0.456 e. The molecule has 2 aromatic heterocycles. The molecule has 68 heavy (non-hydrogen) atoms. The van der Waals surface area contributed by atoms with E-state index in [1.807, 2.05) is 6.07 Å². The second-order valence-corrected chi connectivity index (χ2v) is 17.9. The third-order valence-electron chi connectivity index (χ3n) is 14.4. The third-order valence-corrected chi connectivity index (χ3v) is 14.4. The smallest absolute Gasteiger partial charge is 0.137 e. The molecule has 0 bridgehead atoms. The molecule has 0 spiro atoms. The van der Waals surface area contributed by atoms with Crippen LogP contribution in [0.2, 0.25) is 0 Å². The van der Waals surface area contributed by atoms with Gasteiger partial charge in [-0.05, 0) is 117 Å². The van der Waals surface area contributed by atoms with Gasteiger partial charge in [0, 0.05) is 38.6 Å². The first-order valence-electron chi connectivity index (χ1n) is 23.4. The van der Waals surface area contributed by atoms with Crippen LogP contribution in [-0.2, 0) is 5.41 Å². The molecule has 0 saturated heterocycles. The summed E-state index contributed by atoms with van der Waals surface area (Å²) in [6, 6.07) is 93.0. The molecule has 14 rings (SSSR count). The fourth-order valence-corrected chi connectivity index (χ4v) is 11.6. The number of aromatic nitrogens is 1. The van der Waals surface area contributed by atoms with Crippen LogP contribution in [0, 0.1) is 0 Å². The van der Waals surface area contributed by atoms with Crippen molar-refractivity contribution in [3.8, 4) is 27.9 Å². The lowest BCUT2D eigenvalue weighted by Crippen LogP contribution is -2.28. The highest BCUT2D eigenvalue weighted by Gasteiger charge is 2.45. The molecule has 0 N–H and O–H groups in total. The first kappa shape index (κ1) is 38.4. The van der Waals surface area contributed by atoms with E-state index in [0.29, 0.717) is 0 Å². The van der Waals surface area contributed by atoms with Crippen LogP contribution in [-0.4, -0.2) is 4.57 Å². The number of nitrogens with zero attached hydrogens (tertiary/aromatic N) is 2. The summed E-state index contributed by atoms with van der Waals surface area (Å²) in [6.45, 7) is 0. The summed E-state index contributed by atoms with van der Waals surface area (Å²) in [5.74, 6) is 0. The van der Waals surface area contributed by atoms with Crippen LogP contribution in [0.3, 0.4) is 0 Å². The van der Waals surface area contributed by atoms with Crippen LogP contribution in [0.25, 0.3) is 82.5 Å². The van der Waals surface area contributed by atoms with E-state index in [-0.39, 0.29) is 0 Å². The van der Waals surface area contributed by atoms with Gasteiger partial charge in [0.2, 0.25) is 0 Å². The lowest BCUT2D eigenvalue weighted by atomic mass is 9.68. The van der Waals surface area contributed by atoms with Crippen LogP contribution in [0.15, 0.2) is 259 Å². The van der Waals surface area contributed by atoms with Crippen molar-refractivity contribution in [3.05, 3.63) is 277 Å². The lowest BCUT2D eigenvalue weighted by molar-refractivity contribution is 0.669. The quantitative estimate of drug-likeness (QED) is 0.159. The van der Waals surface area contributed by atoms with Gasteiger partial charge in [-0.1, -0.05) is 188 Å². The molecule has 13 aromatic rings. The third kappa shape index (κ3) is 5.54. The Kier molecular flexibility index (Phi) is 8.50. The van der Waals surface area contributed by atoms with Gasteiger partial charge in [0.25, 0.3) is 0 Å². The maximum Gasteiger partial charge on any atom is 0.137 e. The van der Waals surface area contributed by atoms with Gasteiger partial charge in [-0.2, -0.15) is 0 Å². The number of hydrogen-bond donors (Lipinski definition) is 0. The Bertz CT molecular complexity index is 4030. The average molecular weight is 867 g/mol. The van der Waals surface area contributed by atoms with E-state index >= 15 is 0 Å². The molecule has 0 aliphatic heterocycles. The fraction of sp³-hybridized carbons (Fsp3) is 0.0154. The number of hydrogen-bond acceptors (Lipinski definition) is 2. The Labute approximate surface area is 394 Å². The monoisotopic (exact) mass is 866 g/mol. The van der Waals surface area contributed by atoms with E-state index in [0.717, 1.165) is 50.2 Å². The standard InChI is InChI=1S/C65H42N2O/c1-4-19-43(20-5-1)54-41-44-21-10-11-26-50(44)64-62(54)55-42-49(39-40-58(55)67(64)59-32-18-34-61-63(59)53-29-14-17-33-60(53)68-61)66(47-24-8-3-9-25-47)48-37-35-46(36-38-48)65(45-22-6-2-7-23-45)56-30-15-12-27-51(56)52-28-13-16-31-57(52)65/h1-42H. The van der Waals surface area contributed by atoms with Crippen LogP contribution in [0.1, 0.15) is 22.3 Å². The van der Waals surface area contributed by atoms with Crippen molar-refractivity contribution in [1.29, 1.82) is 0 Å². The first-order valence-corrected chi connectivity index (χ1v) is 23.4. The van der Waals surface area contributed by atoms with Crippen LogP contribution in [0.5, 0.6) is 0 Å². The second kappa shape index (κ2) is 15.1. The van der Waals surface area contributed by atoms with Crippen molar-refractivity contribution in [2.75, 3.05) is 4.90 Å². The van der Waals surface area contributed by atoms with E-state index in [9.17, 15) is 0 Å². The molecule has 0 atom stereocenters. The van der Waals surface area contributed by atoms with Gasteiger partial charge < -0.3 is 13.9 Å². The molecular formula is C65H42N2O.